The molecule has 6 heteroatoms. The highest BCUT2D eigenvalue weighted by molar-refractivity contribution is 5.94. The van der Waals surface area contributed by atoms with Gasteiger partial charge in [0.2, 0.25) is 0 Å². The van der Waals surface area contributed by atoms with Gasteiger partial charge in [0.05, 0.1) is 23.6 Å². The fraction of sp³-hybridized carbons (Fsp3) is 0.250. The molecule has 1 amide bonds. The number of phenolic OH excluding ortho intramolecular Hbond substituents is 1. The summed E-state index contributed by atoms with van der Waals surface area (Å²) in [5.74, 6) is -0.0134. The van der Waals surface area contributed by atoms with E-state index in [0.717, 1.165) is 42.6 Å². The van der Waals surface area contributed by atoms with Gasteiger partial charge in [-0.3, -0.25) is 4.79 Å². The minimum atomic E-state index is -0.261. The molecule has 2 aliphatic carbocycles. The topological polar surface area (TPSA) is 67.2 Å². The molecule has 192 valence electrons. The summed E-state index contributed by atoms with van der Waals surface area (Å²) in [5.41, 5.74) is 6.00. The fourth-order valence-corrected chi connectivity index (χ4v) is 6.24. The van der Waals surface area contributed by atoms with Crippen LogP contribution in [0, 0.1) is 17.2 Å². The molecule has 2 aliphatic rings. The number of hydrogen-bond acceptors (Lipinski definition) is 3. The molecule has 3 atom stereocenters. The van der Waals surface area contributed by atoms with Crippen LogP contribution in [0.1, 0.15) is 59.4 Å². The Morgan fingerprint density at radius 1 is 1.13 bits per heavy atom. The van der Waals surface area contributed by atoms with Crippen LogP contribution in [0.25, 0.3) is 11.8 Å². The van der Waals surface area contributed by atoms with Crippen LogP contribution < -0.4 is 5.32 Å². The zero-order valence-corrected chi connectivity index (χ0v) is 21.3. The van der Waals surface area contributed by atoms with E-state index in [9.17, 15) is 14.3 Å². The molecule has 4 aromatic rings. The summed E-state index contributed by atoms with van der Waals surface area (Å²) in [6.07, 6.45) is 7.94. The first kappa shape index (κ1) is 24.2. The standard InChI is InChI=1S/C32H30FN3O2/c1-32-19-23-20-34-36(27-14-12-26(33)13-15-27)30(23)18-25(32)11-10-24(32)17-29(21-6-3-2-4-7-21)35-31(38)22-8-5-9-28(37)16-22/h2-9,12-16,18,20,24,29,37H,10-11,17,19H2,1H3,(H,35,38)/t24-,29?,32?/m1/s1. The van der Waals surface area contributed by atoms with Gasteiger partial charge in [-0.2, -0.15) is 5.10 Å². The number of rotatable bonds is 6. The predicted octanol–water partition coefficient (Wildman–Crippen LogP) is 6.63. The Balaban J connectivity index is 1.27. The van der Waals surface area contributed by atoms with Crippen LogP contribution >= 0.6 is 0 Å². The molecule has 6 rings (SSSR count). The van der Waals surface area contributed by atoms with Crippen LogP contribution in [0.4, 0.5) is 4.39 Å². The van der Waals surface area contributed by atoms with E-state index >= 15 is 0 Å². The maximum atomic E-state index is 13.5. The number of hydrogen-bond donors (Lipinski definition) is 2. The van der Waals surface area contributed by atoms with Gasteiger partial charge in [0.25, 0.3) is 5.91 Å². The molecular weight excluding hydrogens is 477 g/mol. The van der Waals surface area contributed by atoms with Crippen molar-refractivity contribution in [1.29, 1.82) is 0 Å². The van der Waals surface area contributed by atoms with Gasteiger partial charge in [-0.1, -0.05) is 48.9 Å². The SMILES string of the molecule is CC12Cc3cnn(-c4ccc(F)cc4)c3C=C1CC[C@@H]2CC(NC(=O)c1cccc(O)c1)c1ccccc1. The molecule has 0 aliphatic heterocycles. The highest BCUT2D eigenvalue weighted by Crippen LogP contribution is 2.55. The lowest BCUT2D eigenvalue weighted by atomic mass is 9.68. The molecular formula is C32H30FN3O2. The van der Waals surface area contributed by atoms with Gasteiger partial charge in [0.15, 0.2) is 0 Å². The third-order valence-corrected chi connectivity index (χ3v) is 8.36. The quantitative estimate of drug-likeness (QED) is 0.308. The lowest BCUT2D eigenvalue weighted by Crippen LogP contribution is -2.34. The number of phenols is 1. The molecule has 0 saturated heterocycles. The van der Waals surface area contributed by atoms with E-state index in [0.29, 0.717) is 11.5 Å². The largest absolute Gasteiger partial charge is 0.508 e. The molecule has 0 bridgehead atoms. The van der Waals surface area contributed by atoms with Crippen LogP contribution in [0.5, 0.6) is 5.75 Å². The minimum absolute atomic E-state index is 0.0353. The second-order valence-electron chi connectivity index (χ2n) is 10.7. The van der Waals surface area contributed by atoms with E-state index in [1.54, 1.807) is 30.3 Å². The highest BCUT2D eigenvalue weighted by atomic mass is 19.1. The number of amides is 1. The van der Waals surface area contributed by atoms with E-state index in [1.807, 2.05) is 29.1 Å². The van der Waals surface area contributed by atoms with Gasteiger partial charge in [-0.15, -0.1) is 0 Å². The summed E-state index contributed by atoms with van der Waals surface area (Å²) < 4.78 is 15.4. The Morgan fingerprint density at radius 3 is 2.68 bits per heavy atom. The lowest BCUT2D eigenvalue weighted by molar-refractivity contribution is 0.0923. The average molecular weight is 508 g/mol. The average Bonchev–Trinajstić information content (AvgIpc) is 3.47. The molecule has 3 aromatic carbocycles. The Bertz CT molecular complexity index is 1510. The van der Waals surface area contributed by atoms with E-state index in [1.165, 1.54) is 29.3 Å². The number of allylic oxidation sites excluding steroid dienone is 1. The van der Waals surface area contributed by atoms with Crippen LogP contribution in [0.2, 0.25) is 0 Å². The molecule has 0 radical (unpaired) electrons. The molecule has 1 aromatic heterocycles. The summed E-state index contributed by atoms with van der Waals surface area (Å²) in [6, 6.07) is 22.9. The molecule has 1 fully saturated rings. The second-order valence-corrected chi connectivity index (χ2v) is 10.7. The number of fused-ring (bicyclic) bond motifs is 2. The second kappa shape index (κ2) is 9.60. The number of aromatic hydroxyl groups is 1. The minimum Gasteiger partial charge on any atom is -0.508 e. The smallest absolute Gasteiger partial charge is 0.251 e. The van der Waals surface area contributed by atoms with Crippen molar-refractivity contribution < 1.29 is 14.3 Å². The van der Waals surface area contributed by atoms with Gasteiger partial charge in [-0.25, -0.2) is 9.07 Å². The number of benzene rings is 3. The van der Waals surface area contributed by atoms with Crippen molar-refractivity contribution >= 4 is 12.0 Å². The first-order valence-corrected chi connectivity index (χ1v) is 13.1. The van der Waals surface area contributed by atoms with Crippen molar-refractivity contribution in [2.45, 2.75) is 38.6 Å². The number of nitrogens with one attached hydrogen (secondary N) is 1. The Kier molecular flexibility index (Phi) is 6.10. The van der Waals surface area contributed by atoms with Crippen molar-refractivity contribution in [2.24, 2.45) is 11.3 Å². The Hall–Kier alpha value is -4.19. The van der Waals surface area contributed by atoms with E-state index in [-0.39, 0.29) is 28.9 Å². The highest BCUT2D eigenvalue weighted by Gasteiger charge is 2.46. The van der Waals surface area contributed by atoms with Gasteiger partial charge in [0, 0.05) is 5.56 Å². The molecule has 5 nitrogen and oxygen atoms in total. The van der Waals surface area contributed by atoms with Gasteiger partial charge >= 0.3 is 0 Å². The summed E-state index contributed by atoms with van der Waals surface area (Å²) in [4.78, 5) is 13.2. The molecule has 2 unspecified atom stereocenters. The summed E-state index contributed by atoms with van der Waals surface area (Å²) in [7, 11) is 0. The molecule has 0 spiro atoms. The molecule has 1 heterocycles. The van der Waals surface area contributed by atoms with Crippen molar-refractivity contribution in [3.63, 3.8) is 0 Å². The number of halogens is 1. The molecule has 38 heavy (non-hydrogen) atoms. The van der Waals surface area contributed by atoms with Crippen LogP contribution in [0.15, 0.2) is 90.6 Å². The van der Waals surface area contributed by atoms with Crippen molar-refractivity contribution in [1.82, 2.24) is 15.1 Å². The monoisotopic (exact) mass is 507 g/mol. The van der Waals surface area contributed by atoms with Crippen LogP contribution in [-0.4, -0.2) is 20.8 Å². The van der Waals surface area contributed by atoms with E-state index in [4.69, 9.17) is 0 Å². The zero-order chi connectivity index (χ0) is 26.3. The predicted molar refractivity (Wildman–Crippen MR) is 145 cm³/mol. The third-order valence-electron chi connectivity index (χ3n) is 8.36. The zero-order valence-electron chi connectivity index (χ0n) is 21.3. The van der Waals surface area contributed by atoms with E-state index < -0.39 is 0 Å². The Morgan fingerprint density at radius 2 is 1.92 bits per heavy atom. The Labute approximate surface area is 221 Å². The van der Waals surface area contributed by atoms with Crippen LogP contribution in [0.3, 0.4) is 0 Å². The van der Waals surface area contributed by atoms with Crippen LogP contribution in [-0.2, 0) is 6.42 Å². The maximum Gasteiger partial charge on any atom is 0.251 e. The van der Waals surface area contributed by atoms with Gasteiger partial charge < -0.3 is 10.4 Å². The summed E-state index contributed by atoms with van der Waals surface area (Å²) in [5, 5.41) is 17.8. The number of carbonyl (C=O) groups is 1. The number of aromatic nitrogens is 2. The summed E-state index contributed by atoms with van der Waals surface area (Å²) in [6.45, 7) is 2.34. The first-order chi connectivity index (χ1) is 18.4. The number of nitrogens with zero attached hydrogens (tertiary/aromatic N) is 2. The summed E-state index contributed by atoms with van der Waals surface area (Å²) >= 11 is 0. The van der Waals surface area contributed by atoms with Gasteiger partial charge in [-0.05, 0) is 96.7 Å². The van der Waals surface area contributed by atoms with Crippen molar-refractivity contribution in [3.8, 4) is 11.4 Å². The van der Waals surface area contributed by atoms with E-state index in [2.05, 4.69) is 35.5 Å². The fourth-order valence-electron chi connectivity index (χ4n) is 6.24. The van der Waals surface area contributed by atoms with Crippen molar-refractivity contribution in [2.75, 3.05) is 0 Å². The van der Waals surface area contributed by atoms with Gasteiger partial charge in [0.1, 0.15) is 11.6 Å². The van der Waals surface area contributed by atoms with Crippen molar-refractivity contribution in [3.05, 3.63) is 119 Å². The maximum absolute atomic E-state index is 13.5. The molecule has 2 N–H and O–H groups in total. The number of carbonyl (C=O) groups excluding carboxylic acids is 1. The lowest BCUT2D eigenvalue weighted by Gasteiger charge is -2.37. The molecule has 1 saturated carbocycles. The third kappa shape index (κ3) is 4.40. The first-order valence-electron chi connectivity index (χ1n) is 13.1. The normalized spacial score (nSPS) is 20.8.